The average molecular weight is 611 g/mol. The minimum atomic E-state index is -1.82. The Morgan fingerprint density at radius 2 is 1.38 bits per heavy atom. The number of methoxy groups -OCH3 is 1. The van der Waals surface area contributed by atoms with Gasteiger partial charge in [-0.1, -0.05) is 27.2 Å². The lowest BCUT2D eigenvalue weighted by atomic mass is 9.92. The highest BCUT2D eigenvalue weighted by atomic mass is 16.8. The first kappa shape index (κ1) is 35.5. The molecule has 0 amide bonds. The second-order valence-corrected chi connectivity index (χ2v) is 11.9. The fourth-order valence-electron chi connectivity index (χ4n) is 5.83. The molecule has 16 atom stereocenters. The van der Waals surface area contributed by atoms with Crippen LogP contribution in [0, 0.1) is 23.7 Å². The van der Waals surface area contributed by atoms with Crippen LogP contribution in [0.25, 0.3) is 0 Å². The van der Waals surface area contributed by atoms with E-state index in [0.29, 0.717) is 24.7 Å². The van der Waals surface area contributed by atoms with Gasteiger partial charge in [-0.15, -0.1) is 0 Å². The van der Waals surface area contributed by atoms with Gasteiger partial charge < -0.3 is 64.5 Å². The van der Waals surface area contributed by atoms with Gasteiger partial charge in [-0.05, 0) is 43.4 Å². The maximum Gasteiger partial charge on any atom is 0.311 e. The van der Waals surface area contributed by atoms with Crippen LogP contribution >= 0.6 is 0 Å². The minimum Gasteiger partial charge on any atom is -0.463 e. The third kappa shape index (κ3) is 8.37. The number of aliphatic hydroxyl groups excluding tert-OH is 8. The van der Waals surface area contributed by atoms with E-state index in [-0.39, 0.29) is 12.0 Å². The maximum atomic E-state index is 12.9. The number of esters is 1. The van der Waals surface area contributed by atoms with Crippen molar-refractivity contribution < 1.29 is 69.3 Å². The number of carbonyl (C=O) groups is 1. The largest absolute Gasteiger partial charge is 0.463 e. The van der Waals surface area contributed by atoms with Gasteiger partial charge in [0.25, 0.3) is 0 Å². The standard InChI is InChI=1S/C28H50O14/c1-5-12(3)17(38-4)9-14-7-13(14)8-16(30)15(6-2)26(37)39-11-19-21(32)23(34)25(36)28(41-19)42-27-24(35)22(33)20(31)18(10-29)40-27/h12-25,27-36H,5-11H2,1-4H3/t12-,13-,14+,15+,16+,17-,18?,19?,20?,21?,22?,23?,24?,25?,27?,28?/m0/s1. The molecule has 14 nitrogen and oxygen atoms in total. The summed E-state index contributed by atoms with van der Waals surface area (Å²) in [6.07, 6.45) is -13.7. The molecular weight excluding hydrogens is 560 g/mol. The number of ether oxygens (including phenoxy) is 5. The van der Waals surface area contributed by atoms with Gasteiger partial charge in [-0.3, -0.25) is 4.79 Å². The summed E-state index contributed by atoms with van der Waals surface area (Å²) in [5.74, 6) is -0.398. The summed E-state index contributed by atoms with van der Waals surface area (Å²) < 4.78 is 27.2. The lowest BCUT2D eigenvalue weighted by Gasteiger charge is -2.44. The van der Waals surface area contributed by atoms with Crippen molar-refractivity contribution in [2.75, 3.05) is 20.3 Å². The molecule has 2 heterocycles. The summed E-state index contributed by atoms with van der Waals surface area (Å²) in [4.78, 5) is 12.9. The third-order valence-corrected chi connectivity index (χ3v) is 9.11. The van der Waals surface area contributed by atoms with Crippen molar-refractivity contribution in [3.63, 3.8) is 0 Å². The van der Waals surface area contributed by atoms with E-state index in [1.165, 1.54) is 0 Å². The average Bonchev–Trinajstić information content (AvgIpc) is 3.71. The lowest BCUT2D eigenvalue weighted by Crippen LogP contribution is -2.63. The molecule has 8 N–H and O–H groups in total. The van der Waals surface area contributed by atoms with Crippen LogP contribution < -0.4 is 0 Å². The SMILES string of the molecule is CC[C@H](C)[C@H](C[C@H]1C[C@H]1C[C@@H](O)[C@@H](CC)C(=O)OCC1OC(OC2OC(CO)C(O)C(O)C2O)C(O)C(O)C1O)OC. The summed E-state index contributed by atoms with van der Waals surface area (Å²) >= 11 is 0. The Kier molecular flexibility index (Phi) is 13.4. The predicted octanol–water partition coefficient (Wildman–Crippen LogP) is -1.98. The second-order valence-electron chi connectivity index (χ2n) is 11.9. The first-order valence-corrected chi connectivity index (χ1v) is 14.9. The maximum absolute atomic E-state index is 12.9. The molecule has 3 aliphatic rings. The smallest absolute Gasteiger partial charge is 0.311 e. The Morgan fingerprint density at radius 3 is 1.90 bits per heavy atom. The topological polar surface area (TPSA) is 225 Å². The summed E-state index contributed by atoms with van der Waals surface area (Å²) in [5, 5.41) is 81.5. The molecule has 10 unspecified atom stereocenters. The van der Waals surface area contributed by atoms with Crippen LogP contribution in [0.15, 0.2) is 0 Å². The fourth-order valence-corrected chi connectivity index (χ4v) is 5.83. The molecule has 0 radical (unpaired) electrons. The van der Waals surface area contributed by atoms with Gasteiger partial charge in [0, 0.05) is 7.11 Å². The van der Waals surface area contributed by atoms with Crippen molar-refractivity contribution in [2.24, 2.45) is 23.7 Å². The van der Waals surface area contributed by atoms with E-state index in [2.05, 4.69) is 13.8 Å². The first-order valence-electron chi connectivity index (χ1n) is 14.9. The van der Waals surface area contributed by atoms with Crippen molar-refractivity contribution in [1.82, 2.24) is 0 Å². The van der Waals surface area contributed by atoms with Crippen molar-refractivity contribution in [1.29, 1.82) is 0 Å². The van der Waals surface area contributed by atoms with Crippen molar-refractivity contribution in [2.45, 2.75) is 126 Å². The molecule has 1 saturated carbocycles. The summed E-state index contributed by atoms with van der Waals surface area (Å²) in [7, 11) is 1.71. The fraction of sp³-hybridized carbons (Fsp3) is 0.964. The lowest BCUT2D eigenvalue weighted by molar-refractivity contribution is -0.376. The van der Waals surface area contributed by atoms with E-state index >= 15 is 0 Å². The molecule has 0 aromatic rings. The zero-order chi connectivity index (χ0) is 31.3. The first-order chi connectivity index (χ1) is 19.9. The van der Waals surface area contributed by atoms with Crippen molar-refractivity contribution in [3.05, 3.63) is 0 Å². The van der Waals surface area contributed by atoms with Gasteiger partial charge >= 0.3 is 5.97 Å². The van der Waals surface area contributed by atoms with Crippen molar-refractivity contribution in [3.8, 4) is 0 Å². The van der Waals surface area contributed by atoms with Crippen LogP contribution in [-0.4, -0.2) is 141 Å². The van der Waals surface area contributed by atoms with Crippen LogP contribution in [0.4, 0.5) is 0 Å². The van der Waals surface area contributed by atoms with Gasteiger partial charge in [-0.25, -0.2) is 0 Å². The van der Waals surface area contributed by atoms with E-state index in [1.807, 2.05) is 0 Å². The zero-order valence-corrected chi connectivity index (χ0v) is 24.7. The molecule has 0 aromatic heterocycles. The Labute approximate surface area is 246 Å². The molecular formula is C28H50O14. The quantitative estimate of drug-likeness (QED) is 0.0941. The molecule has 3 rings (SSSR count). The third-order valence-electron chi connectivity index (χ3n) is 9.11. The summed E-state index contributed by atoms with van der Waals surface area (Å²) in [5.41, 5.74) is 0. The van der Waals surface area contributed by atoms with Crippen molar-refractivity contribution >= 4 is 5.97 Å². The highest BCUT2D eigenvalue weighted by Crippen LogP contribution is 2.47. The molecule has 3 fully saturated rings. The van der Waals surface area contributed by atoms with Gasteiger partial charge in [-0.2, -0.15) is 0 Å². The Morgan fingerprint density at radius 1 is 0.833 bits per heavy atom. The molecule has 0 aromatic carbocycles. The van der Waals surface area contributed by atoms with Crippen LogP contribution in [0.1, 0.15) is 52.9 Å². The van der Waals surface area contributed by atoms with Crippen LogP contribution in [-0.2, 0) is 28.5 Å². The highest BCUT2D eigenvalue weighted by molar-refractivity contribution is 5.73. The van der Waals surface area contributed by atoms with E-state index in [1.54, 1.807) is 14.0 Å². The molecule has 2 aliphatic heterocycles. The number of hydrogen-bond donors (Lipinski definition) is 8. The molecule has 14 heteroatoms. The monoisotopic (exact) mass is 610 g/mol. The highest BCUT2D eigenvalue weighted by Gasteiger charge is 2.50. The summed E-state index contributed by atoms with van der Waals surface area (Å²) in [6.45, 7) is 4.77. The summed E-state index contributed by atoms with van der Waals surface area (Å²) in [6, 6.07) is 0. The molecule has 1 aliphatic carbocycles. The van der Waals surface area contributed by atoms with E-state index in [9.17, 15) is 45.6 Å². The number of rotatable bonds is 15. The van der Waals surface area contributed by atoms with Gasteiger partial charge in [0.2, 0.25) is 0 Å². The number of carbonyl (C=O) groups excluding carboxylic acids is 1. The van der Waals surface area contributed by atoms with Gasteiger partial charge in [0.1, 0.15) is 55.4 Å². The van der Waals surface area contributed by atoms with Gasteiger partial charge in [0.05, 0.1) is 24.7 Å². The number of aliphatic hydroxyl groups is 8. The molecule has 2 saturated heterocycles. The van der Waals surface area contributed by atoms with Crippen LogP contribution in [0.3, 0.4) is 0 Å². The Hall–Kier alpha value is -1.01. The predicted molar refractivity (Wildman–Crippen MR) is 143 cm³/mol. The normalized spacial score (nSPS) is 41.5. The number of hydrogen-bond acceptors (Lipinski definition) is 14. The van der Waals surface area contributed by atoms with Crippen LogP contribution in [0.2, 0.25) is 0 Å². The molecule has 42 heavy (non-hydrogen) atoms. The van der Waals surface area contributed by atoms with E-state index in [0.717, 1.165) is 19.3 Å². The minimum absolute atomic E-state index is 0.151. The molecule has 0 spiro atoms. The Balaban J connectivity index is 1.53. The molecule has 0 bridgehead atoms. The zero-order valence-electron chi connectivity index (χ0n) is 24.7. The Bertz CT molecular complexity index is 830. The molecule has 246 valence electrons. The van der Waals surface area contributed by atoms with Gasteiger partial charge in [0.15, 0.2) is 12.6 Å². The van der Waals surface area contributed by atoms with E-state index in [4.69, 9.17) is 23.7 Å². The second kappa shape index (κ2) is 15.8. The van der Waals surface area contributed by atoms with Crippen LogP contribution in [0.5, 0.6) is 0 Å². The van der Waals surface area contributed by atoms with E-state index < -0.39 is 92.6 Å².